The molecule has 5 heteroatoms. The van der Waals surface area contributed by atoms with E-state index in [9.17, 15) is 10.1 Å². The van der Waals surface area contributed by atoms with Gasteiger partial charge in [-0.2, -0.15) is 5.26 Å². The molecular formula is C19H28N2O3. The van der Waals surface area contributed by atoms with E-state index in [0.717, 1.165) is 19.3 Å². The second kappa shape index (κ2) is 9.94. The Balaban J connectivity index is 2.90. The number of nitrogens with zero attached hydrogens (tertiary/aromatic N) is 1. The van der Waals surface area contributed by atoms with E-state index in [-0.39, 0.29) is 5.91 Å². The Kier molecular flexibility index (Phi) is 8.28. The van der Waals surface area contributed by atoms with E-state index >= 15 is 0 Å². The van der Waals surface area contributed by atoms with Crippen LogP contribution in [0.3, 0.4) is 0 Å². The Morgan fingerprint density at radius 3 is 2.62 bits per heavy atom. The number of carbonyl (C=O) groups is 1. The molecule has 1 N–H and O–H groups in total. The smallest absolute Gasteiger partial charge is 0.256 e. The van der Waals surface area contributed by atoms with Crippen LogP contribution in [0.2, 0.25) is 0 Å². The average Bonchev–Trinajstić information content (AvgIpc) is 2.58. The molecule has 1 unspecified atom stereocenters. The van der Waals surface area contributed by atoms with E-state index in [1.807, 2.05) is 20.8 Å². The van der Waals surface area contributed by atoms with Crippen LogP contribution >= 0.6 is 0 Å². The van der Waals surface area contributed by atoms with E-state index in [1.54, 1.807) is 18.2 Å². The van der Waals surface area contributed by atoms with E-state index in [1.165, 1.54) is 0 Å². The van der Waals surface area contributed by atoms with Gasteiger partial charge >= 0.3 is 0 Å². The third kappa shape index (κ3) is 5.54. The van der Waals surface area contributed by atoms with Crippen LogP contribution < -0.4 is 10.1 Å². The van der Waals surface area contributed by atoms with Crippen molar-refractivity contribution in [3.8, 4) is 11.8 Å². The molecule has 1 aromatic rings. The minimum atomic E-state index is -0.866. The normalized spacial score (nSPS) is 13.0. The molecule has 1 amide bonds. The number of anilines is 1. The molecule has 0 spiro atoms. The average molecular weight is 332 g/mol. The molecule has 0 aliphatic heterocycles. The van der Waals surface area contributed by atoms with Crippen molar-refractivity contribution in [3.05, 3.63) is 23.8 Å². The van der Waals surface area contributed by atoms with Crippen molar-refractivity contribution in [2.24, 2.45) is 0 Å². The molecule has 5 nitrogen and oxygen atoms in total. The first-order valence-corrected chi connectivity index (χ1v) is 8.63. The summed E-state index contributed by atoms with van der Waals surface area (Å²) in [5.41, 5.74) is 0.116. The summed E-state index contributed by atoms with van der Waals surface area (Å²) >= 11 is 0. The van der Waals surface area contributed by atoms with Gasteiger partial charge in [0.15, 0.2) is 0 Å². The van der Waals surface area contributed by atoms with Crippen molar-refractivity contribution in [1.29, 1.82) is 5.26 Å². The second-order valence-electron chi connectivity index (χ2n) is 5.89. The highest BCUT2D eigenvalue weighted by Crippen LogP contribution is 2.25. The van der Waals surface area contributed by atoms with Crippen molar-refractivity contribution < 1.29 is 14.3 Å². The van der Waals surface area contributed by atoms with Gasteiger partial charge < -0.3 is 14.8 Å². The predicted molar refractivity (Wildman–Crippen MR) is 95.1 cm³/mol. The fraction of sp³-hybridized carbons (Fsp3) is 0.579. The van der Waals surface area contributed by atoms with E-state index in [2.05, 4.69) is 18.3 Å². The fourth-order valence-electron chi connectivity index (χ4n) is 2.38. The zero-order chi connectivity index (χ0) is 18.0. The number of rotatable bonds is 10. The third-order valence-electron chi connectivity index (χ3n) is 3.77. The molecule has 1 rings (SSSR count). The Morgan fingerprint density at radius 2 is 2.04 bits per heavy atom. The molecule has 0 radical (unpaired) electrons. The van der Waals surface area contributed by atoms with Gasteiger partial charge in [-0.05, 0) is 44.9 Å². The summed E-state index contributed by atoms with van der Waals surface area (Å²) in [5, 5.41) is 12.1. The van der Waals surface area contributed by atoms with Crippen LogP contribution in [0.1, 0.15) is 58.9 Å². The van der Waals surface area contributed by atoms with Crippen molar-refractivity contribution in [2.45, 2.75) is 59.0 Å². The van der Waals surface area contributed by atoms with Crippen LogP contribution in [0, 0.1) is 11.3 Å². The van der Waals surface area contributed by atoms with Gasteiger partial charge in [0.2, 0.25) is 0 Å². The lowest BCUT2D eigenvalue weighted by Crippen LogP contribution is -2.42. The van der Waals surface area contributed by atoms with Crippen LogP contribution in [0.5, 0.6) is 5.75 Å². The number of ether oxygens (including phenoxy) is 2. The van der Waals surface area contributed by atoms with Crippen molar-refractivity contribution >= 4 is 11.6 Å². The maximum absolute atomic E-state index is 12.6. The zero-order valence-corrected chi connectivity index (χ0v) is 15.1. The molecule has 132 valence electrons. The SMILES string of the molecule is CCCCC(C)(OCC)C(=O)Nc1ccc(OCCC)c(C#N)c1. The number of unbranched alkanes of at least 4 members (excludes halogenated alkanes) is 1. The summed E-state index contributed by atoms with van der Waals surface area (Å²) < 4.78 is 11.2. The fourth-order valence-corrected chi connectivity index (χ4v) is 2.38. The van der Waals surface area contributed by atoms with E-state index < -0.39 is 5.60 Å². The van der Waals surface area contributed by atoms with Crippen molar-refractivity contribution in [3.63, 3.8) is 0 Å². The van der Waals surface area contributed by atoms with Crippen LogP contribution in [0.4, 0.5) is 5.69 Å². The second-order valence-corrected chi connectivity index (χ2v) is 5.89. The Morgan fingerprint density at radius 1 is 1.29 bits per heavy atom. The first-order valence-electron chi connectivity index (χ1n) is 8.63. The lowest BCUT2D eigenvalue weighted by atomic mass is 9.97. The van der Waals surface area contributed by atoms with E-state index in [4.69, 9.17) is 9.47 Å². The molecule has 0 aromatic heterocycles. The molecule has 0 saturated heterocycles. The van der Waals surface area contributed by atoms with Crippen molar-refractivity contribution in [1.82, 2.24) is 0 Å². The summed E-state index contributed by atoms with van der Waals surface area (Å²) in [5.74, 6) is 0.347. The first-order chi connectivity index (χ1) is 11.5. The van der Waals surface area contributed by atoms with Crippen LogP contribution in [0.25, 0.3) is 0 Å². The quantitative estimate of drug-likeness (QED) is 0.694. The number of benzene rings is 1. The molecule has 1 aromatic carbocycles. The van der Waals surface area contributed by atoms with Gasteiger partial charge in [-0.3, -0.25) is 4.79 Å². The number of nitriles is 1. The third-order valence-corrected chi connectivity index (χ3v) is 3.77. The number of carbonyl (C=O) groups excluding carboxylic acids is 1. The lowest BCUT2D eigenvalue weighted by Gasteiger charge is -2.28. The van der Waals surface area contributed by atoms with Gasteiger partial charge in [0.25, 0.3) is 5.91 Å². The minimum Gasteiger partial charge on any atom is -0.492 e. The molecule has 0 heterocycles. The minimum absolute atomic E-state index is 0.191. The maximum Gasteiger partial charge on any atom is 0.256 e. The van der Waals surface area contributed by atoms with Gasteiger partial charge in [0, 0.05) is 12.3 Å². The predicted octanol–water partition coefficient (Wildman–Crippen LogP) is 4.27. The van der Waals surface area contributed by atoms with Gasteiger partial charge in [0.05, 0.1) is 12.2 Å². The molecule has 0 aliphatic carbocycles. The lowest BCUT2D eigenvalue weighted by molar-refractivity contribution is -0.139. The topological polar surface area (TPSA) is 71.3 Å². The number of amides is 1. The highest BCUT2D eigenvalue weighted by atomic mass is 16.5. The molecule has 0 bridgehead atoms. The Hall–Kier alpha value is -2.06. The van der Waals surface area contributed by atoms with E-state index in [0.29, 0.717) is 36.6 Å². The standard InChI is InChI=1S/C19H28N2O3/c1-5-8-11-19(4,24-7-3)18(22)21-16-9-10-17(23-12-6-2)15(13-16)14-20/h9-10,13H,5-8,11-12H2,1-4H3,(H,21,22). The number of hydrogen-bond donors (Lipinski definition) is 1. The summed E-state index contributed by atoms with van der Waals surface area (Å²) in [7, 11) is 0. The first kappa shape index (κ1) is 20.0. The van der Waals surface area contributed by atoms with Gasteiger partial charge in [-0.1, -0.05) is 26.7 Å². The largest absolute Gasteiger partial charge is 0.492 e. The highest BCUT2D eigenvalue weighted by Gasteiger charge is 2.33. The molecular weight excluding hydrogens is 304 g/mol. The molecule has 0 aliphatic rings. The molecule has 0 saturated carbocycles. The Bertz CT molecular complexity index is 580. The van der Waals surface area contributed by atoms with Crippen LogP contribution in [0.15, 0.2) is 18.2 Å². The summed E-state index contributed by atoms with van der Waals surface area (Å²) in [6.45, 7) is 8.81. The number of hydrogen-bond acceptors (Lipinski definition) is 4. The summed E-state index contributed by atoms with van der Waals surface area (Å²) in [4.78, 5) is 12.6. The van der Waals surface area contributed by atoms with Gasteiger partial charge in [-0.25, -0.2) is 0 Å². The van der Waals surface area contributed by atoms with Gasteiger partial charge in [-0.15, -0.1) is 0 Å². The summed E-state index contributed by atoms with van der Waals surface area (Å²) in [6.07, 6.45) is 3.44. The van der Waals surface area contributed by atoms with Crippen molar-refractivity contribution in [2.75, 3.05) is 18.5 Å². The monoisotopic (exact) mass is 332 g/mol. The maximum atomic E-state index is 12.6. The molecule has 24 heavy (non-hydrogen) atoms. The summed E-state index contributed by atoms with van der Waals surface area (Å²) in [6, 6.07) is 7.20. The van der Waals surface area contributed by atoms with Gasteiger partial charge in [0.1, 0.15) is 17.4 Å². The highest BCUT2D eigenvalue weighted by molar-refractivity contribution is 5.97. The van der Waals surface area contributed by atoms with Crippen LogP contribution in [-0.2, 0) is 9.53 Å². The zero-order valence-electron chi connectivity index (χ0n) is 15.1. The number of nitrogens with one attached hydrogen (secondary N) is 1. The van der Waals surface area contributed by atoms with Crippen LogP contribution in [-0.4, -0.2) is 24.7 Å². The molecule has 0 fully saturated rings. The molecule has 1 atom stereocenters. The Labute approximate surface area is 145 Å².